The normalized spacial score (nSPS) is 13.4. The van der Waals surface area contributed by atoms with Gasteiger partial charge >= 0.3 is 0 Å². The molecular weight excluding hydrogens is 198 g/mol. The Labute approximate surface area is 89.1 Å². The van der Waals surface area contributed by atoms with Gasteiger partial charge in [-0.15, -0.1) is 0 Å². The number of nitrogens with zero attached hydrogens (tertiary/aromatic N) is 4. The molecule has 1 aromatic heterocycles. The second-order valence-electron chi connectivity index (χ2n) is 3.29. The van der Waals surface area contributed by atoms with Gasteiger partial charge in [0.1, 0.15) is 0 Å². The molecule has 0 aromatic carbocycles. The molecule has 0 aliphatic carbocycles. The predicted molar refractivity (Wildman–Crippen MR) is 57.7 cm³/mol. The maximum Gasteiger partial charge on any atom is 0.238 e. The molecule has 1 heterocycles. The van der Waals surface area contributed by atoms with Crippen molar-refractivity contribution in [3.05, 3.63) is 4.77 Å². The molecule has 0 bridgehead atoms. The summed E-state index contributed by atoms with van der Waals surface area (Å²) in [5, 5.41) is 10.2. The van der Waals surface area contributed by atoms with Crippen LogP contribution in [0.3, 0.4) is 0 Å². The molecule has 14 heavy (non-hydrogen) atoms. The first kappa shape index (κ1) is 11.3. The van der Waals surface area contributed by atoms with Crippen molar-refractivity contribution in [1.82, 2.24) is 25.1 Å². The first-order valence-corrected chi connectivity index (χ1v) is 5.31. The lowest BCUT2D eigenvalue weighted by molar-refractivity contribution is 0.250. The Bertz CT molecular complexity index is 314. The van der Waals surface area contributed by atoms with Crippen LogP contribution < -0.4 is 0 Å². The van der Waals surface area contributed by atoms with E-state index >= 15 is 0 Å². The molecule has 0 spiro atoms. The SMILES string of the molecule is CCN(CC)CC(C)n1[nH]nnc1=S. The first-order valence-electron chi connectivity index (χ1n) is 4.91. The third kappa shape index (κ3) is 2.62. The van der Waals surface area contributed by atoms with Crippen molar-refractivity contribution in [3.8, 4) is 0 Å². The highest BCUT2D eigenvalue weighted by atomic mass is 32.1. The van der Waals surface area contributed by atoms with Gasteiger partial charge in [-0.3, -0.25) is 0 Å². The molecule has 80 valence electrons. The van der Waals surface area contributed by atoms with Crippen molar-refractivity contribution < 1.29 is 0 Å². The molecule has 0 saturated heterocycles. The smallest absolute Gasteiger partial charge is 0.238 e. The summed E-state index contributed by atoms with van der Waals surface area (Å²) in [6, 6.07) is 0.289. The molecule has 5 nitrogen and oxygen atoms in total. The summed E-state index contributed by atoms with van der Waals surface area (Å²) < 4.78 is 2.33. The zero-order chi connectivity index (χ0) is 10.6. The number of rotatable bonds is 5. The molecular formula is C8H17N5S. The quantitative estimate of drug-likeness (QED) is 0.751. The van der Waals surface area contributed by atoms with E-state index in [2.05, 4.69) is 41.2 Å². The zero-order valence-corrected chi connectivity index (χ0v) is 9.71. The van der Waals surface area contributed by atoms with E-state index in [0.717, 1.165) is 19.6 Å². The van der Waals surface area contributed by atoms with Crippen LogP contribution >= 0.6 is 12.2 Å². The Morgan fingerprint density at radius 1 is 1.50 bits per heavy atom. The first-order chi connectivity index (χ1) is 6.69. The van der Waals surface area contributed by atoms with E-state index in [1.165, 1.54) is 0 Å². The van der Waals surface area contributed by atoms with E-state index in [0.29, 0.717) is 4.77 Å². The van der Waals surface area contributed by atoms with Gasteiger partial charge in [-0.1, -0.05) is 24.2 Å². The molecule has 1 unspecified atom stereocenters. The highest BCUT2D eigenvalue weighted by molar-refractivity contribution is 7.71. The minimum Gasteiger partial charge on any atom is -0.302 e. The molecule has 1 aromatic rings. The Morgan fingerprint density at radius 2 is 2.14 bits per heavy atom. The van der Waals surface area contributed by atoms with Gasteiger partial charge in [-0.25, -0.2) is 4.68 Å². The van der Waals surface area contributed by atoms with Gasteiger partial charge in [-0.2, -0.15) is 5.21 Å². The van der Waals surface area contributed by atoms with Gasteiger partial charge in [0.05, 0.1) is 6.04 Å². The molecule has 0 amide bonds. The van der Waals surface area contributed by atoms with Crippen molar-refractivity contribution >= 4 is 12.2 Å². The van der Waals surface area contributed by atoms with Gasteiger partial charge < -0.3 is 4.90 Å². The number of aromatic nitrogens is 4. The standard InChI is InChI=1S/C8H17N5S/c1-4-12(5-2)6-7(3)13-8(14)9-10-11-13/h7H,4-6H2,1-3H3,(H,9,11,14). The van der Waals surface area contributed by atoms with E-state index in [1.54, 1.807) is 0 Å². The fourth-order valence-electron chi connectivity index (χ4n) is 1.43. The van der Waals surface area contributed by atoms with E-state index in [4.69, 9.17) is 12.2 Å². The number of hydrogen-bond acceptors (Lipinski definition) is 4. The average Bonchev–Trinajstić information content (AvgIpc) is 2.60. The molecule has 1 atom stereocenters. The Kier molecular flexibility index (Phi) is 4.21. The monoisotopic (exact) mass is 215 g/mol. The summed E-state index contributed by atoms with van der Waals surface area (Å²) in [6.45, 7) is 9.48. The number of likely N-dealkylation sites (N-methyl/N-ethyl adjacent to an activating group) is 1. The van der Waals surface area contributed by atoms with Crippen molar-refractivity contribution in [3.63, 3.8) is 0 Å². The van der Waals surface area contributed by atoms with E-state index in [-0.39, 0.29) is 6.04 Å². The third-order valence-electron chi connectivity index (χ3n) is 2.35. The van der Waals surface area contributed by atoms with Crippen LogP contribution in [0.15, 0.2) is 0 Å². The van der Waals surface area contributed by atoms with Crippen LogP contribution in [0.1, 0.15) is 26.8 Å². The van der Waals surface area contributed by atoms with Crippen LogP contribution in [0.4, 0.5) is 0 Å². The summed E-state index contributed by atoms with van der Waals surface area (Å²) in [5.74, 6) is 0. The van der Waals surface area contributed by atoms with Gasteiger partial charge in [0.15, 0.2) is 0 Å². The van der Waals surface area contributed by atoms with Crippen LogP contribution in [0.25, 0.3) is 0 Å². The number of nitrogens with one attached hydrogen (secondary N) is 1. The lowest BCUT2D eigenvalue weighted by Gasteiger charge is -2.22. The van der Waals surface area contributed by atoms with E-state index in [1.807, 2.05) is 4.68 Å². The van der Waals surface area contributed by atoms with Crippen molar-refractivity contribution in [2.45, 2.75) is 26.8 Å². The fourth-order valence-corrected chi connectivity index (χ4v) is 1.69. The molecule has 0 radical (unpaired) electrons. The molecule has 0 aliphatic heterocycles. The van der Waals surface area contributed by atoms with Crippen LogP contribution in [-0.2, 0) is 0 Å². The number of aromatic amines is 1. The molecule has 1 N–H and O–H groups in total. The van der Waals surface area contributed by atoms with Gasteiger partial charge in [0.25, 0.3) is 0 Å². The molecule has 0 aliphatic rings. The van der Waals surface area contributed by atoms with Gasteiger partial charge in [-0.05, 0) is 32.2 Å². The Morgan fingerprint density at radius 3 is 2.57 bits per heavy atom. The number of H-pyrrole nitrogens is 1. The molecule has 0 saturated carbocycles. The van der Waals surface area contributed by atoms with Crippen LogP contribution in [0.5, 0.6) is 0 Å². The van der Waals surface area contributed by atoms with Gasteiger partial charge in [0.2, 0.25) is 4.77 Å². The number of tetrazole rings is 1. The molecule has 1 rings (SSSR count). The van der Waals surface area contributed by atoms with Crippen molar-refractivity contribution in [2.24, 2.45) is 0 Å². The topological polar surface area (TPSA) is 49.7 Å². The molecule has 6 heteroatoms. The minimum atomic E-state index is 0.289. The van der Waals surface area contributed by atoms with Crippen molar-refractivity contribution in [2.75, 3.05) is 19.6 Å². The molecule has 0 fully saturated rings. The average molecular weight is 215 g/mol. The predicted octanol–water partition coefficient (Wildman–Crippen LogP) is 1.24. The van der Waals surface area contributed by atoms with Gasteiger partial charge in [0, 0.05) is 6.54 Å². The third-order valence-corrected chi connectivity index (χ3v) is 2.63. The van der Waals surface area contributed by atoms with Crippen LogP contribution in [0.2, 0.25) is 0 Å². The maximum atomic E-state index is 5.03. The second kappa shape index (κ2) is 5.21. The highest BCUT2D eigenvalue weighted by Crippen LogP contribution is 2.05. The summed E-state index contributed by atoms with van der Waals surface area (Å²) in [6.07, 6.45) is 0. The largest absolute Gasteiger partial charge is 0.302 e. The number of hydrogen-bond donors (Lipinski definition) is 1. The van der Waals surface area contributed by atoms with Crippen molar-refractivity contribution in [1.29, 1.82) is 0 Å². The minimum absolute atomic E-state index is 0.289. The Balaban J connectivity index is 2.62. The summed E-state index contributed by atoms with van der Waals surface area (Å²) >= 11 is 5.03. The maximum absolute atomic E-state index is 5.03. The van der Waals surface area contributed by atoms with E-state index in [9.17, 15) is 0 Å². The Hall–Kier alpha value is -0.750. The van der Waals surface area contributed by atoms with Crippen LogP contribution in [-0.4, -0.2) is 44.7 Å². The second-order valence-corrected chi connectivity index (χ2v) is 3.65. The summed E-state index contributed by atoms with van der Waals surface area (Å²) in [5.41, 5.74) is 0. The highest BCUT2D eigenvalue weighted by Gasteiger charge is 2.10. The fraction of sp³-hybridized carbons (Fsp3) is 0.875. The van der Waals surface area contributed by atoms with E-state index < -0.39 is 0 Å². The summed E-state index contributed by atoms with van der Waals surface area (Å²) in [7, 11) is 0. The van der Waals surface area contributed by atoms with Crippen LogP contribution in [0, 0.1) is 4.77 Å². The zero-order valence-electron chi connectivity index (χ0n) is 8.90. The summed E-state index contributed by atoms with van der Waals surface area (Å²) in [4.78, 5) is 2.34. The lowest BCUT2D eigenvalue weighted by atomic mass is 10.3. The lowest BCUT2D eigenvalue weighted by Crippen LogP contribution is -2.30.